The molecule has 19 heavy (non-hydrogen) atoms. The predicted octanol–water partition coefficient (Wildman–Crippen LogP) is 2.81. The summed E-state index contributed by atoms with van der Waals surface area (Å²) < 4.78 is 5.90. The molecule has 1 fully saturated rings. The minimum atomic E-state index is -0.993. The van der Waals surface area contributed by atoms with E-state index in [1.165, 1.54) is 19.3 Å². The van der Waals surface area contributed by atoms with Crippen molar-refractivity contribution in [3.05, 3.63) is 0 Å². The van der Waals surface area contributed by atoms with Gasteiger partial charge in [-0.05, 0) is 39.5 Å². The minimum absolute atomic E-state index is 0.124. The molecule has 0 spiro atoms. The van der Waals surface area contributed by atoms with Crippen LogP contribution in [0.25, 0.3) is 0 Å². The van der Waals surface area contributed by atoms with Gasteiger partial charge in [-0.15, -0.1) is 0 Å². The van der Waals surface area contributed by atoms with E-state index < -0.39 is 11.5 Å². The van der Waals surface area contributed by atoms with Crippen LogP contribution in [0.5, 0.6) is 0 Å². The van der Waals surface area contributed by atoms with E-state index >= 15 is 0 Å². The molecule has 1 rings (SSSR count). The number of rotatable bonds is 7. The van der Waals surface area contributed by atoms with Crippen LogP contribution in [-0.4, -0.2) is 35.4 Å². The van der Waals surface area contributed by atoms with Crippen LogP contribution in [0.2, 0.25) is 0 Å². The lowest BCUT2D eigenvalue weighted by atomic mass is 9.85. The number of hydrogen-bond donors (Lipinski definition) is 2. The third-order valence-corrected chi connectivity index (χ3v) is 4.00. The Labute approximate surface area is 116 Å². The van der Waals surface area contributed by atoms with Crippen LogP contribution in [0.4, 0.5) is 0 Å². The molecule has 4 heteroatoms. The first-order valence-corrected chi connectivity index (χ1v) is 7.50. The van der Waals surface area contributed by atoms with Crippen LogP contribution in [0.3, 0.4) is 0 Å². The number of hydrogen-bond acceptors (Lipinski definition) is 3. The molecular weight excluding hydrogens is 242 g/mol. The molecule has 2 N–H and O–H groups in total. The standard InChI is InChI=1S/C15H29NO3/c1-5-12-7-6-8-13(9-12)19-10-15(4,14(17)18)16-11(2)3/h11-13,16H,5-10H2,1-4H3,(H,17,18). The molecule has 0 aromatic heterocycles. The highest BCUT2D eigenvalue weighted by Crippen LogP contribution is 2.28. The summed E-state index contributed by atoms with van der Waals surface area (Å²) in [6, 6.07) is 0.124. The fourth-order valence-electron chi connectivity index (χ4n) is 2.85. The van der Waals surface area contributed by atoms with Gasteiger partial charge in [-0.2, -0.15) is 0 Å². The molecule has 4 nitrogen and oxygen atoms in total. The summed E-state index contributed by atoms with van der Waals surface area (Å²) in [5.74, 6) is -0.100. The van der Waals surface area contributed by atoms with E-state index in [0.717, 1.165) is 18.8 Å². The summed E-state index contributed by atoms with van der Waals surface area (Å²) in [7, 11) is 0. The van der Waals surface area contributed by atoms with Crippen LogP contribution in [0.1, 0.15) is 59.8 Å². The van der Waals surface area contributed by atoms with Gasteiger partial charge in [0, 0.05) is 6.04 Å². The van der Waals surface area contributed by atoms with Crippen molar-refractivity contribution in [2.24, 2.45) is 5.92 Å². The molecule has 1 aliphatic rings. The summed E-state index contributed by atoms with van der Waals surface area (Å²) in [6.45, 7) is 8.07. The average Bonchev–Trinajstić information content (AvgIpc) is 2.35. The van der Waals surface area contributed by atoms with E-state index in [4.69, 9.17) is 4.74 Å². The molecule has 0 saturated heterocycles. The lowest BCUT2D eigenvalue weighted by Gasteiger charge is -2.33. The second kappa shape index (κ2) is 7.25. The van der Waals surface area contributed by atoms with Crippen LogP contribution in [-0.2, 0) is 9.53 Å². The Morgan fingerprint density at radius 3 is 2.68 bits per heavy atom. The van der Waals surface area contributed by atoms with E-state index in [1.54, 1.807) is 6.92 Å². The van der Waals surface area contributed by atoms with Crippen molar-refractivity contribution in [3.8, 4) is 0 Å². The van der Waals surface area contributed by atoms with Gasteiger partial charge in [0.15, 0.2) is 0 Å². The molecule has 0 radical (unpaired) electrons. The Morgan fingerprint density at radius 2 is 2.16 bits per heavy atom. The van der Waals surface area contributed by atoms with Gasteiger partial charge in [0.25, 0.3) is 0 Å². The second-order valence-corrected chi connectivity index (χ2v) is 6.31. The summed E-state index contributed by atoms with van der Waals surface area (Å²) in [5.41, 5.74) is -0.993. The van der Waals surface area contributed by atoms with E-state index in [0.29, 0.717) is 0 Å². The minimum Gasteiger partial charge on any atom is -0.480 e. The fourth-order valence-corrected chi connectivity index (χ4v) is 2.85. The van der Waals surface area contributed by atoms with Gasteiger partial charge in [0.05, 0.1) is 12.7 Å². The first kappa shape index (κ1) is 16.4. The highest BCUT2D eigenvalue weighted by atomic mass is 16.5. The largest absolute Gasteiger partial charge is 0.480 e. The zero-order chi connectivity index (χ0) is 14.5. The normalized spacial score (nSPS) is 27.2. The summed E-state index contributed by atoms with van der Waals surface area (Å²) in [4.78, 5) is 11.4. The number of nitrogens with one attached hydrogen (secondary N) is 1. The van der Waals surface area contributed by atoms with Crippen molar-refractivity contribution in [1.82, 2.24) is 5.32 Å². The van der Waals surface area contributed by atoms with Crippen LogP contribution < -0.4 is 5.32 Å². The zero-order valence-corrected chi connectivity index (χ0v) is 12.7. The summed E-state index contributed by atoms with van der Waals surface area (Å²) in [5, 5.41) is 12.5. The lowest BCUT2D eigenvalue weighted by Crippen LogP contribution is -2.56. The third-order valence-electron chi connectivity index (χ3n) is 4.00. The van der Waals surface area contributed by atoms with Crippen molar-refractivity contribution in [1.29, 1.82) is 0 Å². The van der Waals surface area contributed by atoms with Crippen molar-refractivity contribution in [3.63, 3.8) is 0 Å². The Balaban J connectivity index is 2.49. The van der Waals surface area contributed by atoms with Gasteiger partial charge in [0.2, 0.25) is 0 Å². The van der Waals surface area contributed by atoms with Gasteiger partial charge in [0.1, 0.15) is 5.54 Å². The van der Waals surface area contributed by atoms with Gasteiger partial charge in [-0.1, -0.05) is 26.2 Å². The molecule has 0 aromatic rings. The van der Waals surface area contributed by atoms with E-state index in [9.17, 15) is 9.90 Å². The molecule has 112 valence electrons. The van der Waals surface area contributed by atoms with Gasteiger partial charge >= 0.3 is 5.97 Å². The Bertz CT molecular complexity index is 293. The van der Waals surface area contributed by atoms with Gasteiger partial charge in [-0.3, -0.25) is 10.1 Å². The molecule has 0 aromatic carbocycles. The third kappa shape index (κ3) is 5.11. The maximum atomic E-state index is 11.4. The van der Waals surface area contributed by atoms with E-state index in [1.807, 2.05) is 13.8 Å². The quantitative estimate of drug-likeness (QED) is 0.747. The molecule has 0 heterocycles. The highest BCUT2D eigenvalue weighted by Gasteiger charge is 2.35. The highest BCUT2D eigenvalue weighted by molar-refractivity contribution is 5.78. The number of aliphatic carboxylic acids is 1. The first-order valence-electron chi connectivity index (χ1n) is 7.50. The summed E-state index contributed by atoms with van der Waals surface area (Å²) >= 11 is 0. The molecule has 0 aliphatic heterocycles. The molecule has 3 atom stereocenters. The topological polar surface area (TPSA) is 58.6 Å². The maximum Gasteiger partial charge on any atom is 0.326 e. The molecule has 3 unspecified atom stereocenters. The molecule has 0 bridgehead atoms. The maximum absolute atomic E-state index is 11.4. The van der Waals surface area contributed by atoms with Crippen molar-refractivity contribution in [2.45, 2.75) is 77.5 Å². The number of ether oxygens (including phenoxy) is 1. The fraction of sp³-hybridized carbons (Fsp3) is 0.933. The Morgan fingerprint density at radius 1 is 1.47 bits per heavy atom. The first-order chi connectivity index (χ1) is 8.87. The number of carboxylic acid groups (broad SMARTS) is 1. The number of carbonyl (C=O) groups is 1. The van der Waals surface area contributed by atoms with Crippen LogP contribution in [0, 0.1) is 5.92 Å². The predicted molar refractivity (Wildman–Crippen MR) is 76.3 cm³/mol. The monoisotopic (exact) mass is 271 g/mol. The lowest BCUT2D eigenvalue weighted by molar-refractivity contribution is -0.149. The molecule has 0 amide bonds. The van der Waals surface area contributed by atoms with Crippen LogP contribution >= 0.6 is 0 Å². The Kier molecular flexibility index (Phi) is 6.27. The van der Waals surface area contributed by atoms with Gasteiger partial charge < -0.3 is 9.84 Å². The van der Waals surface area contributed by atoms with Crippen molar-refractivity contribution in [2.75, 3.05) is 6.61 Å². The molecular formula is C15H29NO3. The molecule has 1 saturated carbocycles. The van der Waals surface area contributed by atoms with E-state index in [2.05, 4.69) is 12.2 Å². The number of carboxylic acids is 1. The summed E-state index contributed by atoms with van der Waals surface area (Å²) in [6.07, 6.45) is 6.05. The molecule has 1 aliphatic carbocycles. The SMILES string of the molecule is CCC1CCCC(OCC(C)(NC(C)C)C(=O)O)C1. The smallest absolute Gasteiger partial charge is 0.326 e. The van der Waals surface area contributed by atoms with Gasteiger partial charge in [-0.25, -0.2) is 0 Å². The van der Waals surface area contributed by atoms with Crippen molar-refractivity contribution >= 4 is 5.97 Å². The second-order valence-electron chi connectivity index (χ2n) is 6.31. The zero-order valence-electron chi connectivity index (χ0n) is 12.7. The van der Waals surface area contributed by atoms with Crippen molar-refractivity contribution < 1.29 is 14.6 Å². The average molecular weight is 271 g/mol. The van der Waals surface area contributed by atoms with Crippen LogP contribution in [0.15, 0.2) is 0 Å². The Hall–Kier alpha value is -0.610. The van der Waals surface area contributed by atoms with E-state index in [-0.39, 0.29) is 18.8 Å².